The summed E-state index contributed by atoms with van der Waals surface area (Å²) in [6, 6.07) is 0. The molecule has 0 aromatic carbocycles. The second-order valence-electron chi connectivity index (χ2n) is 6.56. The van der Waals surface area contributed by atoms with E-state index in [-0.39, 0.29) is 0 Å². The minimum absolute atomic E-state index is 0.295. The first-order valence-electron chi connectivity index (χ1n) is 8.30. The van der Waals surface area contributed by atoms with Crippen molar-refractivity contribution in [1.82, 2.24) is 29.3 Å². The fourth-order valence-corrected chi connectivity index (χ4v) is 3.31. The highest BCUT2D eigenvalue weighted by molar-refractivity contribution is 5.85. The number of imidazole rings is 1. The van der Waals surface area contributed by atoms with Gasteiger partial charge in [0.25, 0.3) is 5.92 Å². The number of hydrogen-bond acceptors (Lipinski definition) is 5. The Morgan fingerprint density at radius 1 is 1.32 bits per heavy atom. The van der Waals surface area contributed by atoms with E-state index in [1.165, 1.54) is 11.0 Å². The zero-order chi connectivity index (χ0) is 17.4. The Kier molecular flexibility index (Phi) is 3.85. The van der Waals surface area contributed by atoms with Crippen LogP contribution in [0.25, 0.3) is 11.0 Å². The van der Waals surface area contributed by atoms with Crippen LogP contribution in [0.15, 0.2) is 24.9 Å². The van der Waals surface area contributed by atoms with Gasteiger partial charge >= 0.3 is 0 Å². The Hall–Kier alpha value is -2.58. The van der Waals surface area contributed by atoms with E-state index in [0.29, 0.717) is 29.3 Å². The van der Waals surface area contributed by atoms with Crippen molar-refractivity contribution in [2.24, 2.45) is 0 Å². The van der Waals surface area contributed by atoms with Crippen LogP contribution in [0, 0.1) is 0 Å². The zero-order valence-corrected chi connectivity index (χ0v) is 13.9. The standard InChI is InChI=1S/C16H19F2N7/c1-16(17,18)9-25-8-12-13(21-10-22-14(12)23-25)20-7-11-3-2-5-24-6-4-19-15(11)24/h4,6,8,10-11H,2-3,5,7,9H2,1H3,(H,20,21,22,23). The smallest absolute Gasteiger partial charge is 0.264 e. The lowest BCUT2D eigenvalue weighted by Gasteiger charge is -2.23. The number of nitrogens with zero attached hydrogens (tertiary/aromatic N) is 6. The van der Waals surface area contributed by atoms with Crippen molar-refractivity contribution in [2.45, 2.75) is 44.7 Å². The molecule has 4 heterocycles. The summed E-state index contributed by atoms with van der Waals surface area (Å²) in [5.41, 5.74) is 0.409. The number of fused-ring (bicyclic) bond motifs is 2. The number of rotatable bonds is 5. The predicted molar refractivity (Wildman–Crippen MR) is 88.6 cm³/mol. The zero-order valence-electron chi connectivity index (χ0n) is 13.9. The molecule has 0 aliphatic carbocycles. The van der Waals surface area contributed by atoms with Gasteiger partial charge in [0.2, 0.25) is 0 Å². The van der Waals surface area contributed by atoms with Gasteiger partial charge in [0.05, 0.1) is 5.39 Å². The van der Waals surface area contributed by atoms with E-state index in [9.17, 15) is 8.78 Å². The molecule has 0 fully saturated rings. The number of hydrogen-bond donors (Lipinski definition) is 1. The third-order valence-corrected chi connectivity index (χ3v) is 4.38. The van der Waals surface area contributed by atoms with Crippen molar-refractivity contribution in [2.75, 3.05) is 11.9 Å². The highest BCUT2D eigenvalue weighted by Crippen LogP contribution is 2.27. The fraction of sp³-hybridized carbons (Fsp3) is 0.500. The van der Waals surface area contributed by atoms with Crippen LogP contribution in [-0.2, 0) is 13.1 Å². The van der Waals surface area contributed by atoms with Crippen LogP contribution in [0.4, 0.5) is 14.6 Å². The predicted octanol–water partition coefficient (Wildman–Crippen LogP) is 2.67. The average molecular weight is 347 g/mol. The maximum Gasteiger partial charge on any atom is 0.264 e. The number of alkyl halides is 2. The molecule has 1 atom stereocenters. The molecule has 1 aliphatic heterocycles. The third-order valence-electron chi connectivity index (χ3n) is 4.38. The molecular weight excluding hydrogens is 328 g/mol. The van der Waals surface area contributed by atoms with E-state index in [1.807, 2.05) is 12.4 Å². The van der Waals surface area contributed by atoms with E-state index in [0.717, 1.165) is 32.1 Å². The minimum Gasteiger partial charge on any atom is -0.369 e. The molecule has 0 bridgehead atoms. The van der Waals surface area contributed by atoms with E-state index in [4.69, 9.17) is 0 Å². The van der Waals surface area contributed by atoms with Gasteiger partial charge < -0.3 is 9.88 Å². The van der Waals surface area contributed by atoms with Crippen LogP contribution in [0.1, 0.15) is 31.5 Å². The summed E-state index contributed by atoms with van der Waals surface area (Å²) in [5.74, 6) is -0.851. The van der Waals surface area contributed by atoms with Crippen molar-refractivity contribution in [3.05, 3.63) is 30.7 Å². The molecule has 0 saturated carbocycles. The van der Waals surface area contributed by atoms with Crippen LogP contribution in [0.3, 0.4) is 0 Å². The van der Waals surface area contributed by atoms with Gasteiger partial charge in [0.1, 0.15) is 24.5 Å². The minimum atomic E-state index is -2.83. The van der Waals surface area contributed by atoms with Gasteiger partial charge in [-0.2, -0.15) is 5.10 Å². The van der Waals surface area contributed by atoms with Crippen LogP contribution in [0.2, 0.25) is 0 Å². The van der Waals surface area contributed by atoms with Crippen LogP contribution >= 0.6 is 0 Å². The van der Waals surface area contributed by atoms with Crippen molar-refractivity contribution in [3.8, 4) is 0 Å². The van der Waals surface area contributed by atoms with Crippen molar-refractivity contribution < 1.29 is 8.78 Å². The molecule has 1 N–H and O–H groups in total. The van der Waals surface area contributed by atoms with E-state index < -0.39 is 12.5 Å². The molecule has 1 unspecified atom stereocenters. The normalized spacial score (nSPS) is 17.6. The van der Waals surface area contributed by atoms with Crippen LogP contribution in [-0.4, -0.2) is 41.8 Å². The first-order chi connectivity index (χ1) is 12.0. The molecule has 25 heavy (non-hydrogen) atoms. The van der Waals surface area contributed by atoms with Gasteiger partial charge in [-0.25, -0.2) is 23.7 Å². The molecule has 9 heteroatoms. The highest BCUT2D eigenvalue weighted by atomic mass is 19.3. The van der Waals surface area contributed by atoms with Gasteiger partial charge in [-0.05, 0) is 12.8 Å². The first kappa shape index (κ1) is 15.9. The number of aryl methyl sites for hydroxylation is 1. The Balaban J connectivity index is 1.54. The molecule has 3 aromatic rings. The van der Waals surface area contributed by atoms with Crippen molar-refractivity contribution >= 4 is 16.9 Å². The second-order valence-corrected chi connectivity index (χ2v) is 6.56. The van der Waals surface area contributed by atoms with Crippen LogP contribution < -0.4 is 5.32 Å². The average Bonchev–Trinajstić information content (AvgIpc) is 3.17. The lowest BCUT2D eigenvalue weighted by molar-refractivity contribution is 0.000776. The fourth-order valence-electron chi connectivity index (χ4n) is 3.31. The summed E-state index contributed by atoms with van der Waals surface area (Å²) in [7, 11) is 0. The maximum atomic E-state index is 13.2. The lowest BCUT2D eigenvalue weighted by Crippen LogP contribution is -2.22. The first-order valence-corrected chi connectivity index (χ1v) is 8.30. The molecule has 0 amide bonds. The summed E-state index contributed by atoms with van der Waals surface area (Å²) in [6.45, 7) is 2.07. The van der Waals surface area contributed by atoms with Crippen LogP contribution in [0.5, 0.6) is 0 Å². The molecule has 0 saturated heterocycles. The number of halogens is 2. The largest absolute Gasteiger partial charge is 0.369 e. The molecule has 0 spiro atoms. The summed E-state index contributed by atoms with van der Waals surface area (Å²) >= 11 is 0. The molecule has 1 aliphatic rings. The van der Waals surface area contributed by atoms with Gasteiger partial charge in [-0.15, -0.1) is 0 Å². The van der Waals surface area contributed by atoms with Gasteiger partial charge in [-0.1, -0.05) is 0 Å². The quantitative estimate of drug-likeness (QED) is 0.768. The highest BCUT2D eigenvalue weighted by Gasteiger charge is 2.24. The molecule has 3 aromatic heterocycles. The van der Waals surface area contributed by atoms with E-state index >= 15 is 0 Å². The van der Waals surface area contributed by atoms with Crippen molar-refractivity contribution in [3.63, 3.8) is 0 Å². The second kappa shape index (κ2) is 6.05. The number of nitrogens with one attached hydrogen (secondary N) is 1. The lowest BCUT2D eigenvalue weighted by atomic mass is 9.99. The van der Waals surface area contributed by atoms with Gasteiger partial charge in [-0.3, -0.25) is 4.68 Å². The summed E-state index contributed by atoms with van der Waals surface area (Å²) < 4.78 is 29.8. The SMILES string of the molecule is CC(F)(F)Cn1cc2c(NCC3CCCn4ccnc43)ncnc2n1. The molecule has 4 rings (SSSR count). The number of aromatic nitrogens is 6. The molecular formula is C16H19F2N7. The molecule has 0 radical (unpaired) electrons. The topological polar surface area (TPSA) is 73.5 Å². The van der Waals surface area contributed by atoms with E-state index in [1.54, 1.807) is 6.20 Å². The summed E-state index contributed by atoms with van der Waals surface area (Å²) in [4.78, 5) is 12.8. The third kappa shape index (κ3) is 3.31. The Bertz CT molecular complexity index is 880. The summed E-state index contributed by atoms with van der Waals surface area (Å²) in [6.07, 6.45) is 8.95. The Labute approximate surface area is 143 Å². The molecule has 132 valence electrons. The monoisotopic (exact) mass is 347 g/mol. The Morgan fingerprint density at radius 3 is 3.04 bits per heavy atom. The van der Waals surface area contributed by atoms with E-state index in [2.05, 4.69) is 29.9 Å². The van der Waals surface area contributed by atoms with Gasteiger partial charge in [0, 0.05) is 44.5 Å². The number of anilines is 1. The summed E-state index contributed by atoms with van der Waals surface area (Å²) in [5, 5.41) is 8.07. The van der Waals surface area contributed by atoms with Gasteiger partial charge in [0.15, 0.2) is 5.65 Å². The van der Waals surface area contributed by atoms with Crippen molar-refractivity contribution in [1.29, 1.82) is 0 Å². The maximum absolute atomic E-state index is 13.2. The Morgan fingerprint density at radius 2 is 2.20 bits per heavy atom. The molecule has 7 nitrogen and oxygen atoms in total.